The molecule has 0 unspecified atom stereocenters. The lowest BCUT2D eigenvalue weighted by molar-refractivity contribution is -0.124. The minimum absolute atomic E-state index is 0.00639. The van der Waals surface area contributed by atoms with Crippen molar-refractivity contribution in [3.8, 4) is 11.1 Å². The summed E-state index contributed by atoms with van der Waals surface area (Å²) in [5, 5.41) is 7.74. The first kappa shape index (κ1) is 18.8. The largest absolute Gasteiger partial charge is 0.349 e. The molecule has 3 fully saturated rings. The summed E-state index contributed by atoms with van der Waals surface area (Å²) in [5.74, 6) is -0.632. The molecule has 2 saturated carbocycles. The second kappa shape index (κ2) is 6.93. The number of amides is 4. The van der Waals surface area contributed by atoms with E-state index in [0.717, 1.165) is 18.4 Å². The fourth-order valence-corrected chi connectivity index (χ4v) is 4.26. The molecule has 0 aromatic heterocycles. The first-order valence-corrected chi connectivity index (χ1v) is 10.3. The summed E-state index contributed by atoms with van der Waals surface area (Å²) in [6.07, 6.45) is 4.02. The Hall–Kier alpha value is -3.22. The van der Waals surface area contributed by atoms with Crippen LogP contribution in [0.3, 0.4) is 0 Å². The van der Waals surface area contributed by atoms with Gasteiger partial charge in [0.2, 0.25) is 0 Å². The van der Waals surface area contributed by atoms with Gasteiger partial charge in [-0.1, -0.05) is 24.3 Å². The minimum atomic E-state index is -1.11. The number of hydrogen-bond donors (Lipinski definition) is 3. The van der Waals surface area contributed by atoms with Crippen molar-refractivity contribution in [1.82, 2.24) is 16.0 Å². The Labute approximate surface area is 173 Å². The molecule has 0 spiro atoms. The molecule has 0 bridgehead atoms. The Morgan fingerprint density at radius 3 is 2.40 bits per heavy atom. The molecule has 2 aromatic carbocycles. The molecule has 6 nitrogen and oxygen atoms in total. The lowest BCUT2D eigenvalue weighted by Crippen LogP contribution is -2.57. The zero-order chi connectivity index (χ0) is 20.9. The van der Waals surface area contributed by atoms with E-state index in [4.69, 9.17) is 0 Å². The molecule has 154 valence electrons. The molecule has 4 amide bonds. The quantitative estimate of drug-likeness (QED) is 0.643. The number of carbonyl (C=O) groups excluding carboxylic acids is 3. The summed E-state index contributed by atoms with van der Waals surface area (Å²) in [6, 6.07) is 11.4. The average molecular weight is 407 g/mol. The van der Waals surface area contributed by atoms with Crippen LogP contribution in [0.5, 0.6) is 0 Å². The van der Waals surface area contributed by atoms with Gasteiger partial charge in [0.1, 0.15) is 11.4 Å². The van der Waals surface area contributed by atoms with Crippen LogP contribution in [-0.4, -0.2) is 29.9 Å². The van der Waals surface area contributed by atoms with E-state index in [0.29, 0.717) is 17.0 Å². The van der Waals surface area contributed by atoms with Gasteiger partial charge in [0, 0.05) is 5.56 Å². The van der Waals surface area contributed by atoms with E-state index in [2.05, 4.69) is 16.0 Å². The second-order valence-electron chi connectivity index (χ2n) is 8.42. The van der Waals surface area contributed by atoms with E-state index in [-0.39, 0.29) is 12.5 Å². The van der Waals surface area contributed by atoms with E-state index in [1.54, 1.807) is 0 Å². The summed E-state index contributed by atoms with van der Waals surface area (Å²) < 4.78 is 14.0. The molecule has 5 rings (SSSR count). The normalized spacial score (nSPS) is 23.1. The van der Waals surface area contributed by atoms with Crippen LogP contribution in [0.1, 0.15) is 47.5 Å². The SMILES string of the molecule is O=C1NC(=O)[C@](CNC(=O)c2ccc(F)cc2-c2ccc(C3CC3)cc2)(C2CC2)N1. The third-order valence-corrected chi connectivity index (χ3v) is 6.27. The standard InChI is InChI=1S/C23H22FN3O3/c24-17-9-10-18(19(11-17)15-5-3-14(4-6-15)13-1-2-13)20(28)25-12-23(16-7-8-16)21(29)26-22(30)27-23/h3-6,9-11,13,16H,1-2,7-8,12H2,(H,25,28)(H2,26,27,29,30)/t23-/m0/s1. The molecular formula is C23H22FN3O3. The third-order valence-electron chi connectivity index (χ3n) is 6.27. The molecule has 0 radical (unpaired) electrons. The van der Waals surface area contributed by atoms with E-state index in [1.807, 2.05) is 24.3 Å². The third kappa shape index (κ3) is 3.34. The van der Waals surface area contributed by atoms with Gasteiger partial charge in [-0.15, -0.1) is 0 Å². The van der Waals surface area contributed by atoms with E-state index in [1.165, 1.54) is 36.6 Å². The first-order valence-electron chi connectivity index (χ1n) is 10.3. The second-order valence-corrected chi connectivity index (χ2v) is 8.42. The van der Waals surface area contributed by atoms with E-state index < -0.39 is 29.2 Å². The van der Waals surface area contributed by atoms with Crippen LogP contribution in [0.15, 0.2) is 42.5 Å². The van der Waals surface area contributed by atoms with Gasteiger partial charge in [-0.05, 0) is 72.4 Å². The molecule has 30 heavy (non-hydrogen) atoms. The smallest absolute Gasteiger partial charge is 0.322 e. The van der Waals surface area contributed by atoms with Crippen LogP contribution in [0.4, 0.5) is 9.18 Å². The van der Waals surface area contributed by atoms with Gasteiger partial charge in [0.15, 0.2) is 0 Å². The Morgan fingerprint density at radius 1 is 1.07 bits per heavy atom. The van der Waals surface area contributed by atoms with Gasteiger partial charge in [-0.2, -0.15) is 0 Å². The van der Waals surface area contributed by atoms with Crippen LogP contribution >= 0.6 is 0 Å². The van der Waals surface area contributed by atoms with Crippen LogP contribution in [0.2, 0.25) is 0 Å². The van der Waals surface area contributed by atoms with Crippen molar-refractivity contribution in [3.05, 3.63) is 59.4 Å². The maximum absolute atomic E-state index is 14.0. The van der Waals surface area contributed by atoms with Crippen molar-refractivity contribution in [2.24, 2.45) is 5.92 Å². The number of rotatable bonds is 6. The predicted octanol–water partition coefficient (Wildman–Crippen LogP) is 3.09. The Kier molecular flexibility index (Phi) is 4.34. The minimum Gasteiger partial charge on any atom is -0.349 e. The molecule has 3 aliphatic rings. The molecule has 2 aromatic rings. The zero-order valence-corrected chi connectivity index (χ0v) is 16.3. The summed E-state index contributed by atoms with van der Waals surface area (Å²) in [4.78, 5) is 37.0. The lowest BCUT2D eigenvalue weighted by Gasteiger charge is -2.26. The van der Waals surface area contributed by atoms with E-state index in [9.17, 15) is 18.8 Å². The zero-order valence-electron chi connectivity index (χ0n) is 16.3. The molecule has 7 heteroatoms. The number of halogens is 1. The van der Waals surface area contributed by atoms with Gasteiger partial charge in [-0.25, -0.2) is 9.18 Å². The molecule has 3 N–H and O–H groups in total. The Balaban J connectivity index is 1.39. The highest BCUT2D eigenvalue weighted by Crippen LogP contribution is 2.42. The molecule has 2 aliphatic carbocycles. The molecule has 1 saturated heterocycles. The van der Waals surface area contributed by atoms with Crippen molar-refractivity contribution in [2.45, 2.75) is 37.1 Å². The van der Waals surface area contributed by atoms with Crippen LogP contribution in [0.25, 0.3) is 11.1 Å². The van der Waals surface area contributed by atoms with E-state index >= 15 is 0 Å². The highest BCUT2D eigenvalue weighted by Gasteiger charge is 2.56. The van der Waals surface area contributed by atoms with Gasteiger partial charge < -0.3 is 10.6 Å². The van der Waals surface area contributed by atoms with Gasteiger partial charge in [-0.3, -0.25) is 14.9 Å². The fourth-order valence-electron chi connectivity index (χ4n) is 4.26. The topological polar surface area (TPSA) is 87.3 Å². The lowest BCUT2D eigenvalue weighted by atomic mass is 9.92. The summed E-state index contributed by atoms with van der Waals surface area (Å²) in [5.41, 5.74) is 1.73. The van der Waals surface area contributed by atoms with Crippen LogP contribution < -0.4 is 16.0 Å². The number of imide groups is 1. The van der Waals surface area contributed by atoms with Crippen molar-refractivity contribution in [3.63, 3.8) is 0 Å². The molecule has 1 aliphatic heterocycles. The Bertz CT molecular complexity index is 1040. The van der Waals surface area contributed by atoms with Gasteiger partial charge in [0.05, 0.1) is 6.54 Å². The molecule has 1 heterocycles. The maximum Gasteiger partial charge on any atom is 0.322 e. The van der Waals surface area contributed by atoms with Gasteiger partial charge >= 0.3 is 6.03 Å². The highest BCUT2D eigenvalue weighted by atomic mass is 19.1. The van der Waals surface area contributed by atoms with Crippen LogP contribution in [-0.2, 0) is 4.79 Å². The number of nitrogens with one attached hydrogen (secondary N) is 3. The molecular weight excluding hydrogens is 385 g/mol. The number of carbonyl (C=O) groups is 3. The summed E-state index contributed by atoms with van der Waals surface area (Å²) in [6.45, 7) is -0.00843. The summed E-state index contributed by atoms with van der Waals surface area (Å²) >= 11 is 0. The maximum atomic E-state index is 14.0. The highest BCUT2D eigenvalue weighted by molar-refractivity contribution is 6.08. The number of hydrogen-bond acceptors (Lipinski definition) is 3. The monoisotopic (exact) mass is 407 g/mol. The van der Waals surface area contributed by atoms with Crippen molar-refractivity contribution in [2.75, 3.05) is 6.54 Å². The van der Waals surface area contributed by atoms with Crippen LogP contribution in [0, 0.1) is 11.7 Å². The van der Waals surface area contributed by atoms with Crippen molar-refractivity contribution in [1.29, 1.82) is 0 Å². The fraction of sp³-hybridized carbons (Fsp3) is 0.348. The van der Waals surface area contributed by atoms with Gasteiger partial charge in [0.25, 0.3) is 11.8 Å². The predicted molar refractivity (Wildman–Crippen MR) is 108 cm³/mol. The van der Waals surface area contributed by atoms with Crippen molar-refractivity contribution >= 4 is 17.8 Å². The summed E-state index contributed by atoms with van der Waals surface area (Å²) in [7, 11) is 0. The Morgan fingerprint density at radius 2 is 1.80 bits per heavy atom. The first-order chi connectivity index (χ1) is 14.5. The average Bonchev–Trinajstić information content (AvgIpc) is 3.63. The molecule has 1 atom stereocenters. The number of benzene rings is 2. The van der Waals surface area contributed by atoms with Crippen molar-refractivity contribution < 1.29 is 18.8 Å². The number of urea groups is 1.